The molecule has 6 nitrogen and oxygen atoms in total. The Bertz CT molecular complexity index is 710. The van der Waals surface area contributed by atoms with Crippen LogP contribution >= 0.6 is 0 Å². The maximum Gasteiger partial charge on any atom is 0.287 e. The molecule has 0 spiro atoms. The van der Waals surface area contributed by atoms with Crippen molar-refractivity contribution in [3.63, 3.8) is 0 Å². The molecule has 102 valence electrons. The van der Waals surface area contributed by atoms with Crippen LogP contribution in [0.5, 0.6) is 0 Å². The van der Waals surface area contributed by atoms with E-state index >= 15 is 0 Å². The van der Waals surface area contributed by atoms with Gasteiger partial charge in [-0.3, -0.25) is 9.48 Å². The lowest BCUT2D eigenvalue weighted by atomic mass is 10.3. The van der Waals surface area contributed by atoms with E-state index in [1.807, 2.05) is 25.2 Å². The standard InChI is InChI=1S/C14H13N3O3/c1-17-11(6-7-16-17)12-5-4-10(20-12)9-15-14(18)13-3-2-8-19-13/h2-8H,9H2,1H3,(H,15,18). The Labute approximate surface area is 115 Å². The number of carbonyl (C=O) groups excluding carboxylic acids is 1. The Kier molecular flexibility index (Phi) is 3.12. The molecule has 0 aromatic carbocycles. The Morgan fingerprint density at radius 2 is 2.25 bits per heavy atom. The monoisotopic (exact) mass is 271 g/mol. The molecule has 0 bridgehead atoms. The molecule has 6 heteroatoms. The van der Waals surface area contributed by atoms with Crippen LogP contribution in [0.1, 0.15) is 16.3 Å². The van der Waals surface area contributed by atoms with Crippen molar-refractivity contribution < 1.29 is 13.6 Å². The first-order valence-corrected chi connectivity index (χ1v) is 6.13. The topological polar surface area (TPSA) is 73.2 Å². The van der Waals surface area contributed by atoms with Crippen molar-refractivity contribution in [1.82, 2.24) is 15.1 Å². The minimum atomic E-state index is -0.270. The quantitative estimate of drug-likeness (QED) is 0.789. The van der Waals surface area contributed by atoms with Crippen LogP contribution in [-0.2, 0) is 13.6 Å². The summed E-state index contributed by atoms with van der Waals surface area (Å²) in [6, 6.07) is 8.82. The highest BCUT2D eigenvalue weighted by atomic mass is 16.3. The number of hydrogen-bond acceptors (Lipinski definition) is 4. The zero-order valence-electron chi connectivity index (χ0n) is 10.9. The van der Waals surface area contributed by atoms with E-state index in [-0.39, 0.29) is 11.7 Å². The summed E-state index contributed by atoms with van der Waals surface area (Å²) in [5.41, 5.74) is 0.883. The Morgan fingerprint density at radius 1 is 1.35 bits per heavy atom. The largest absolute Gasteiger partial charge is 0.459 e. The minimum absolute atomic E-state index is 0.270. The van der Waals surface area contributed by atoms with Gasteiger partial charge in [0.25, 0.3) is 5.91 Å². The third-order valence-corrected chi connectivity index (χ3v) is 2.90. The van der Waals surface area contributed by atoms with Gasteiger partial charge in [0.2, 0.25) is 0 Å². The zero-order valence-corrected chi connectivity index (χ0v) is 10.9. The summed E-state index contributed by atoms with van der Waals surface area (Å²) < 4.78 is 12.4. The fourth-order valence-electron chi connectivity index (χ4n) is 1.89. The molecule has 3 heterocycles. The second-order valence-corrected chi connectivity index (χ2v) is 4.27. The second-order valence-electron chi connectivity index (χ2n) is 4.27. The Balaban J connectivity index is 1.66. The number of carbonyl (C=O) groups is 1. The van der Waals surface area contributed by atoms with E-state index in [2.05, 4.69) is 10.4 Å². The molecular formula is C14H13N3O3. The van der Waals surface area contributed by atoms with Crippen molar-refractivity contribution in [2.75, 3.05) is 0 Å². The SMILES string of the molecule is Cn1nccc1-c1ccc(CNC(=O)c2ccco2)o1. The summed E-state index contributed by atoms with van der Waals surface area (Å²) in [5, 5.41) is 6.81. The molecule has 1 amide bonds. The van der Waals surface area contributed by atoms with Crippen molar-refractivity contribution in [2.45, 2.75) is 6.54 Å². The fraction of sp³-hybridized carbons (Fsp3) is 0.143. The lowest BCUT2D eigenvalue weighted by Gasteiger charge is -2.00. The lowest BCUT2D eigenvalue weighted by Crippen LogP contribution is -2.21. The van der Waals surface area contributed by atoms with Gasteiger partial charge >= 0.3 is 0 Å². The molecule has 3 aromatic rings. The number of hydrogen-bond donors (Lipinski definition) is 1. The van der Waals surface area contributed by atoms with Gasteiger partial charge in [-0.15, -0.1) is 0 Å². The number of nitrogens with one attached hydrogen (secondary N) is 1. The predicted molar refractivity (Wildman–Crippen MR) is 70.8 cm³/mol. The number of amides is 1. The average molecular weight is 271 g/mol. The van der Waals surface area contributed by atoms with Gasteiger partial charge < -0.3 is 14.2 Å². The Morgan fingerprint density at radius 3 is 2.95 bits per heavy atom. The normalized spacial score (nSPS) is 10.7. The average Bonchev–Trinajstić information content (AvgIpc) is 3.17. The van der Waals surface area contributed by atoms with Crippen LogP contribution in [0.4, 0.5) is 0 Å². The van der Waals surface area contributed by atoms with Gasteiger partial charge in [0.15, 0.2) is 11.5 Å². The van der Waals surface area contributed by atoms with Crippen molar-refractivity contribution in [3.8, 4) is 11.5 Å². The highest BCUT2D eigenvalue weighted by Gasteiger charge is 2.11. The highest BCUT2D eigenvalue weighted by molar-refractivity contribution is 5.91. The van der Waals surface area contributed by atoms with E-state index in [4.69, 9.17) is 8.83 Å². The van der Waals surface area contributed by atoms with Crippen LogP contribution in [0.2, 0.25) is 0 Å². The van der Waals surface area contributed by atoms with Gasteiger partial charge in [-0.2, -0.15) is 5.10 Å². The van der Waals surface area contributed by atoms with Crippen molar-refractivity contribution >= 4 is 5.91 Å². The molecule has 0 radical (unpaired) electrons. The third kappa shape index (κ3) is 2.35. The van der Waals surface area contributed by atoms with E-state index in [9.17, 15) is 4.79 Å². The summed E-state index contributed by atoms with van der Waals surface area (Å²) in [6.07, 6.45) is 3.17. The summed E-state index contributed by atoms with van der Waals surface area (Å²) in [5.74, 6) is 1.39. The van der Waals surface area contributed by atoms with Crippen LogP contribution in [0.25, 0.3) is 11.5 Å². The fourth-order valence-corrected chi connectivity index (χ4v) is 1.89. The first kappa shape index (κ1) is 12.3. The van der Waals surface area contributed by atoms with Gasteiger partial charge in [0.1, 0.15) is 11.5 Å². The van der Waals surface area contributed by atoms with E-state index in [1.165, 1.54) is 6.26 Å². The molecule has 0 unspecified atom stereocenters. The molecule has 0 aliphatic carbocycles. The van der Waals surface area contributed by atoms with Crippen LogP contribution in [-0.4, -0.2) is 15.7 Å². The van der Waals surface area contributed by atoms with Crippen LogP contribution in [0.15, 0.2) is 51.6 Å². The van der Waals surface area contributed by atoms with Crippen molar-refractivity contribution in [3.05, 3.63) is 54.3 Å². The molecule has 1 N–H and O–H groups in total. The molecule has 0 fully saturated rings. The molecule has 0 aliphatic heterocycles. The van der Waals surface area contributed by atoms with E-state index in [0.29, 0.717) is 18.1 Å². The van der Waals surface area contributed by atoms with Crippen molar-refractivity contribution in [2.24, 2.45) is 7.05 Å². The predicted octanol–water partition coefficient (Wildman–Crippen LogP) is 2.20. The molecule has 0 saturated heterocycles. The van der Waals surface area contributed by atoms with Crippen LogP contribution < -0.4 is 5.32 Å². The summed E-state index contributed by atoms with van der Waals surface area (Å²) in [7, 11) is 1.84. The summed E-state index contributed by atoms with van der Waals surface area (Å²) in [6.45, 7) is 0.303. The smallest absolute Gasteiger partial charge is 0.287 e. The van der Waals surface area contributed by atoms with Gasteiger partial charge in [0.05, 0.1) is 12.8 Å². The maximum atomic E-state index is 11.7. The second kappa shape index (κ2) is 5.08. The first-order valence-electron chi connectivity index (χ1n) is 6.13. The van der Waals surface area contributed by atoms with Gasteiger partial charge in [0, 0.05) is 13.2 Å². The zero-order chi connectivity index (χ0) is 13.9. The molecule has 0 atom stereocenters. The van der Waals surface area contributed by atoms with Gasteiger partial charge in [-0.25, -0.2) is 0 Å². The number of rotatable bonds is 4. The minimum Gasteiger partial charge on any atom is -0.459 e. The maximum absolute atomic E-state index is 11.7. The number of nitrogens with zero attached hydrogens (tertiary/aromatic N) is 2. The molecule has 3 aromatic heterocycles. The van der Waals surface area contributed by atoms with E-state index < -0.39 is 0 Å². The molecule has 3 rings (SSSR count). The Hall–Kier alpha value is -2.76. The number of aryl methyl sites for hydroxylation is 1. The van der Waals surface area contributed by atoms with E-state index in [0.717, 1.165) is 5.69 Å². The molecule has 20 heavy (non-hydrogen) atoms. The first-order chi connectivity index (χ1) is 9.74. The highest BCUT2D eigenvalue weighted by Crippen LogP contribution is 2.21. The lowest BCUT2D eigenvalue weighted by molar-refractivity contribution is 0.0920. The third-order valence-electron chi connectivity index (χ3n) is 2.90. The summed E-state index contributed by atoms with van der Waals surface area (Å²) in [4.78, 5) is 11.7. The van der Waals surface area contributed by atoms with Gasteiger partial charge in [-0.05, 0) is 30.3 Å². The van der Waals surface area contributed by atoms with Crippen LogP contribution in [0.3, 0.4) is 0 Å². The molecule has 0 saturated carbocycles. The summed E-state index contributed by atoms with van der Waals surface area (Å²) >= 11 is 0. The number of aromatic nitrogens is 2. The molecular weight excluding hydrogens is 258 g/mol. The number of furan rings is 2. The van der Waals surface area contributed by atoms with Crippen LogP contribution in [0, 0.1) is 0 Å². The molecule has 0 aliphatic rings. The van der Waals surface area contributed by atoms with Crippen molar-refractivity contribution in [1.29, 1.82) is 0 Å². The van der Waals surface area contributed by atoms with Gasteiger partial charge in [-0.1, -0.05) is 0 Å². The van der Waals surface area contributed by atoms with E-state index in [1.54, 1.807) is 23.0 Å².